The third kappa shape index (κ3) is 5.23. The Morgan fingerprint density at radius 2 is 2.15 bits per heavy atom. The third-order valence-electron chi connectivity index (χ3n) is 3.67. The number of aryl methyl sites for hydroxylation is 1. The normalized spacial score (nSPS) is 10.9. The fraction of sp³-hybridized carbons (Fsp3) is 0.389. The molecule has 0 saturated carbocycles. The average Bonchev–Trinajstić information content (AvgIpc) is 2.65. The Kier molecular flexibility index (Phi) is 7.47. The van der Waals surface area contributed by atoms with E-state index in [0.29, 0.717) is 23.8 Å². The summed E-state index contributed by atoms with van der Waals surface area (Å²) in [5.41, 5.74) is 3.48. The van der Waals surface area contributed by atoms with Crippen LogP contribution < -0.4 is 20.5 Å². The summed E-state index contributed by atoms with van der Waals surface area (Å²) in [5, 5.41) is 8.02. The van der Waals surface area contributed by atoms with E-state index in [2.05, 4.69) is 22.5 Å². The molecule has 0 amide bonds. The van der Waals surface area contributed by atoms with E-state index in [0.717, 1.165) is 29.5 Å². The van der Waals surface area contributed by atoms with E-state index in [-0.39, 0.29) is 5.02 Å². The van der Waals surface area contributed by atoms with Crippen LogP contribution in [0.15, 0.2) is 34.3 Å². The Morgan fingerprint density at radius 3 is 2.88 bits per heavy atom. The van der Waals surface area contributed by atoms with Crippen LogP contribution in [0.4, 0.5) is 5.69 Å². The lowest BCUT2D eigenvalue weighted by Crippen LogP contribution is -2.20. The number of nitrogens with one attached hydrogen (secondary N) is 1. The van der Waals surface area contributed by atoms with Gasteiger partial charge in [-0.15, -0.1) is 0 Å². The number of unbranched alkanes of at least 4 members (excludes halogenated alkanes) is 2. The van der Waals surface area contributed by atoms with Gasteiger partial charge in [-0.3, -0.25) is 10.2 Å². The van der Waals surface area contributed by atoms with Gasteiger partial charge in [-0.05, 0) is 30.2 Å². The predicted octanol–water partition coefficient (Wildman–Crippen LogP) is 3.46. The van der Waals surface area contributed by atoms with Crippen LogP contribution in [0.25, 0.3) is 0 Å². The van der Waals surface area contributed by atoms with Gasteiger partial charge in [0.25, 0.3) is 5.56 Å². The lowest BCUT2D eigenvalue weighted by atomic mass is 10.2. The maximum absolute atomic E-state index is 11.7. The van der Waals surface area contributed by atoms with Gasteiger partial charge < -0.3 is 9.47 Å². The molecule has 2 rings (SSSR count). The zero-order chi connectivity index (χ0) is 18.9. The largest absolute Gasteiger partial charge is 0.493 e. The van der Waals surface area contributed by atoms with Crippen molar-refractivity contribution in [1.82, 2.24) is 9.78 Å². The van der Waals surface area contributed by atoms with Gasteiger partial charge in [0.15, 0.2) is 11.5 Å². The lowest BCUT2D eigenvalue weighted by Gasteiger charge is -2.11. The molecule has 1 aromatic heterocycles. The molecule has 0 atom stereocenters. The van der Waals surface area contributed by atoms with Gasteiger partial charge in [0.2, 0.25) is 0 Å². The minimum atomic E-state index is -0.391. The van der Waals surface area contributed by atoms with Gasteiger partial charge >= 0.3 is 0 Å². The number of hydrazone groups is 1. The average molecular weight is 379 g/mol. The number of hydrogen-bond acceptors (Lipinski definition) is 6. The third-order valence-corrected chi connectivity index (χ3v) is 4.04. The van der Waals surface area contributed by atoms with Crippen molar-refractivity contribution in [1.29, 1.82) is 0 Å². The number of nitrogens with zero attached hydrogens (tertiary/aromatic N) is 3. The predicted molar refractivity (Wildman–Crippen MR) is 104 cm³/mol. The van der Waals surface area contributed by atoms with Crippen LogP contribution in [0.3, 0.4) is 0 Å². The minimum Gasteiger partial charge on any atom is -0.493 e. The molecular formula is C18H23ClN4O3. The van der Waals surface area contributed by atoms with Crippen LogP contribution in [0.5, 0.6) is 11.5 Å². The number of methoxy groups -OCH3 is 1. The molecule has 7 nitrogen and oxygen atoms in total. The van der Waals surface area contributed by atoms with Crippen LogP contribution in [0.2, 0.25) is 5.02 Å². The number of benzene rings is 1. The van der Waals surface area contributed by atoms with Gasteiger partial charge in [-0.1, -0.05) is 31.4 Å². The summed E-state index contributed by atoms with van der Waals surface area (Å²) in [5.74, 6) is 1.34. The van der Waals surface area contributed by atoms with Gasteiger partial charge in [0.05, 0.1) is 26.1 Å². The van der Waals surface area contributed by atoms with E-state index >= 15 is 0 Å². The number of halogens is 1. The summed E-state index contributed by atoms with van der Waals surface area (Å²) in [6.45, 7) is 2.81. The maximum atomic E-state index is 11.7. The first kappa shape index (κ1) is 19.8. The van der Waals surface area contributed by atoms with Crippen LogP contribution in [0.1, 0.15) is 31.7 Å². The molecule has 1 heterocycles. The van der Waals surface area contributed by atoms with Gasteiger partial charge in [-0.2, -0.15) is 10.2 Å². The summed E-state index contributed by atoms with van der Waals surface area (Å²) in [4.78, 5) is 11.7. The number of anilines is 1. The second kappa shape index (κ2) is 9.82. The fourth-order valence-corrected chi connectivity index (χ4v) is 2.40. The second-order valence-corrected chi connectivity index (χ2v) is 6.01. The van der Waals surface area contributed by atoms with Crippen LogP contribution in [0, 0.1) is 0 Å². The first-order chi connectivity index (χ1) is 12.6. The standard InChI is InChI=1S/C18H23ClN4O3/c1-4-5-6-9-26-15-8-7-13(10-16(15)25-3)11-20-22-14-12-21-23(2)18(24)17(14)19/h7-8,10-12,22H,4-6,9H2,1-3H3/b20-11-. The maximum Gasteiger partial charge on any atom is 0.287 e. The highest BCUT2D eigenvalue weighted by Gasteiger charge is 2.07. The SMILES string of the molecule is CCCCCOc1ccc(/C=N\Nc2cnn(C)c(=O)c2Cl)cc1OC. The van der Waals surface area contributed by atoms with E-state index in [1.54, 1.807) is 13.3 Å². The first-order valence-corrected chi connectivity index (χ1v) is 8.76. The Labute approximate surface area is 157 Å². The molecule has 0 aliphatic rings. The zero-order valence-corrected chi connectivity index (χ0v) is 15.9. The van der Waals surface area contributed by atoms with Crippen LogP contribution in [-0.2, 0) is 7.05 Å². The Bertz CT molecular complexity index is 821. The number of ether oxygens (including phenoxy) is 2. The molecule has 0 fully saturated rings. The zero-order valence-electron chi connectivity index (χ0n) is 15.2. The Hall–Kier alpha value is -2.54. The topological polar surface area (TPSA) is 77.7 Å². The van der Waals surface area contributed by atoms with Crippen molar-refractivity contribution in [3.63, 3.8) is 0 Å². The fourth-order valence-electron chi connectivity index (χ4n) is 2.18. The van der Waals surface area contributed by atoms with E-state index in [1.807, 2.05) is 18.2 Å². The highest BCUT2D eigenvalue weighted by Crippen LogP contribution is 2.27. The molecule has 1 aromatic carbocycles. The van der Waals surface area contributed by atoms with Crippen LogP contribution >= 0.6 is 11.6 Å². The molecule has 8 heteroatoms. The van der Waals surface area contributed by atoms with Gasteiger partial charge in [0.1, 0.15) is 10.7 Å². The van der Waals surface area contributed by atoms with Gasteiger partial charge in [-0.25, -0.2) is 4.68 Å². The molecular weight excluding hydrogens is 356 g/mol. The summed E-state index contributed by atoms with van der Waals surface area (Å²) < 4.78 is 12.3. The molecule has 1 N–H and O–H groups in total. The lowest BCUT2D eigenvalue weighted by molar-refractivity contribution is 0.286. The smallest absolute Gasteiger partial charge is 0.287 e. The van der Waals surface area contributed by atoms with Crippen molar-refractivity contribution in [3.8, 4) is 11.5 Å². The Morgan fingerprint density at radius 1 is 1.35 bits per heavy atom. The van der Waals surface area contributed by atoms with Crippen molar-refractivity contribution in [2.24, 2.45) is 12.1 Å². The molecule has 0 spiro atoms. The van der Waals surface area contributed by atoms with Crippen molar-refractivity contribution >= 4 is 23.5 Å². The molecule has 26 heavy (non-hydrogen) atoms. The molecule has 0 saturated heterocycles. The molecule has 140 valence electrons. The number of hydrogen-bond donors (Lipinski definition) is 1. The summed E-state index contributed by atoms with van der Waals surface area (Å²) >= 11 is 5.97. The van der Waals surface area contributed by atoms with E-state index in [9.17, 15) is 4.79 Å². The first-order valence-electron chi connectivity index (χ1n) is 8.38. The van der Waals surface area contributed by atoms with Crippen molar-refractivity contribution in [2.75, 3.05) is 19.1 Å². The number of aromatic nitrogens is 2. The molecule has 0 aliphatic heterocycles. The van der Waals surface area contributed by atoms with E-state index in [4.69, 9.17) is 21.1 Å². The van der Waals surface area contributed by atoms with E-state index < -0.39 is 5.56 Å². The summed E-state index contributed by atoms with van der Waals surface area (Å²) in [6, 6.07) is 5.54. The van der Waals surface area contributed by atoms with Crippen molar-refractivity contribution < 1.29 is 9.47 Å². The monoisotopic (exact) mass is 378 g/mol. The van der Waals surface area contributed by atoms with E-state index in [1.165, 1.54) is 13.2 Å². The second-order valence-electron chi connectivity index (χ2n) is 5.64. The minimum absolute atomic E-state index is 0.0352. The number of rotatable bonds is 9. The summed E-state index contributed by atoms with van der Waals surface area (Å²) in [6.07, 6.45) is 6.33. The molecule has 2 aromatic rings. The highest BCUT2D eigenvalue weighted by atomic mass is 35.5. The van der Waals surface area contributed by atoms with Crippen LogP contribution in [-0.4, -0.2) is 29.7 Å². The molecule has 0 bridgehead atoms. The quantitative estimate of drug-likeness (QED) is 0.410. The molecule has 0 radical (unpaired) electrons. The Balaban J connectivity index is 2.04. The molecule has 0 aliphatic carbocycles. The van der Waals surface area contributed by atoms with Gasteiger partial charge in [0, 0.05) is 7.05 Å². The van der Waals surface area contributed by atoms with Crippen molar-refractivity contribution in [3.05, 3.63) is 45.3 Å². The van der Waals surface area contributed by atoms with Crippen molar-refractivity contribution in [2.45, 2.75) is 26.2 Å². The highest BCUT2D eigenvalue weighted by molar-refractivity contribution is 6.32. The molecule has 0 unspecified atom stereocenters. The summed E-state index contributed by atoms with van der Waals surface area (Å²) in [7, 11) is 3.12.